The Morgan fingerprint density at radius 2 is 2.44 bits per heavy atom. The average molecular weight is 260 g/mol. The number of hydrogen-bond donors (Lipinski definition) is 1. The molecule has 0 radical (unpaired) electrons. The van der Waals surface area contributed by atoms with Crippen LogP contribution in [0.25, 0.3) is 0 Å². The number of likely N-dealkylation sites (tertiary alicyclic amines) is 1. The van der Waals surface area contributed by atoms with Crippen LogP contribution in [-0.2, 0) is 0 Å². The van der Waals surface area contributed by atoms with Crippen molar-refractivity contribution < 1.29 is 9.90 Å². The second-order valence-corrected chi connectivity index (χ2v) is 5.76. The fourth-order valence-electron chi connectivity index (χ4n) is 1.98. The van der Waals surface area contributed by atoms with Crippen molar-refractivity contribution >= 4 is 28.8 Å². The predicted molar refractivity (Wildman–Crippen MR) is 65.0 cm³/mol. The maximum atomic E-state index is 12.1. The third-order valence-corrected chi connectivity index (χ3v) is 4.07. The van der Waals surface area contributed by atoms with Gasteiger partial charge in [0.25, 0.3) is 5.91 Å². The van der Waals surface area contributed by atoms with Crippen LogP contribution in [0.2, 0.25) is 4.34 Å². The predicted octanol–water partition coefficient (Wildman–Crippen LogP) is 2.25. The minimum Gasteiger partial charge on any atom is -0.396 e. The molecule has 1 amide bonds. The highest BCUT2D eigenvalue weighted by Gasteiger charge is 2.24. The summed E-state index contributed by atoms with van der Waals surface area (Å²) in [7, 11) is 0. The molecule has 1 fully saturated rings. The van der Waals surface area contributed by atoms with Gasteiger partial charge < -0.3 is 10.0 Å². The lowest BCUT2D eigenvalue weighted by molar-refractivity contribution is 0.0625. The molecule has 2 heterocycles. The second kappa shape index (κ2) is 5.17. The van der Waals surface area contributed by atoms with Crippen LogP contribution in [0.15, 0.2) is 12.1 Å². The third-order valence-electron chi connectivity index (χ3n) is 2.85. The molecule has 5 heteroatoms. The van der Waals surface area contributed by atoms with Crippen LogP contribution in [-0.4, -0.2) is 35.6 Å². The summed E-state index contributed by atoms with van der Waals surface area (Å²) in [6.45, 7) is 1.60. The molecule has 0 aliphatic carbocycles. The van der Waals surface area contributed by atoms with Crippen LogP contribution < -0.4 is 0 Å². The van der Waals surface area contributed by atoms with Crippen molar-refractivity contribution in [3.8, 4) is 0 Å². The summed E-state index contributed by atoms with van der Waals surface area (Å²) in [4.78, 5) is 14.6. The van der Waals surface area contributed by atoms with Gasteiger partial charge in [0.1, 0.15) is 0 Å². The molecular weight excluding hydrogens is 246 g/mol. The van der Waals surface area contributed by atoms with Gasteiger partial charge in [-0.1, -0.05) is 11.6 Å². The van der Waals surface area contributed by atoms with Gasteiger partial charge in [-0.3, -0.25) is 4.79 Å². The maximum absolute atomic E-state index is 12.1. The molecule has 3 nitrogen and oxygen atoms in total. The van der Waals surface area contributed by atoms with Gasteiger partial charge >= 0.3 is 0 Å². The number of rotatable bonds is 2. The minimum absolute atomic E-state index is 0.0371. The lowest BCUT2D eigenvalue weighted by Crippen LogP contribution is -2.40. The lowest BCUT2D eigenvalue weighted by atomic mass is 9.99. The van der Waals surface area contributed by atoms with Gasteiger partial charge in [-0.2, -0.15) is 0 Å². The molecule has 1 N–H and O–H groups in total. The van der Waals surface area contributed by atoms with Crippen LogP contribution in [0, 0.1) is 5.92 Å². The Morgan fingerprint density at radius 1 is 1.62 bits per heavy atom. The number of halogens is 1. The number of nitrogens with zero attached hydrogens (tertiary/aromatic N) is 1. The molecule has 0 aromatic carbocycles. The van der Waals surface area contributed by atoms with Crippen molar-refractivity contribution in [2.75, 3.05) is 19.7 Å². The van der Waals surface area contributed by atoms with Crippen LogP contribution in [0.4, 0.5) is 0 Å². The molecule has 1 atom stereocenters. The fraction of sp³-hybridized carbons (Fsp3) is 0.545. The van der Waals surface area contributed by atoms with Crippen molar-refractivity contribution in [3.63, 3.8) is 0 Å². The zero-order valence-electron chi connectivity index (χ0n) is 8.86. The van der Waals surface area contributed by atoms with E-state index in [1.165, 1.54) is 11.3 Å². The third kappa shape index (κ3) is 2.56. The lowest BCUT2D eigenvalue weighted by Gasteiger charge is -2.31. The number of carbonyl (C=O) groups is 1. The van der Waals surface area contributed by atoms with E-state index >= 15 is 0 Å². The average Bonchev–Trinajstić information content (AvgIpc) is 2.75. The summed E-state index contributed by atoms with van der Waals surface area (Å²) < 4.78 is 0.638. The first-order valence-corrected chi connectivity index (χ1v) is 6.55. The van der Waals surface area contributed by atoms with Crippen LogP contribution in [0.3, 0.4) is 0 Å². The van der Waals surface area contributed by atoms with E-state index in [9.17, 15) is 4.79 Å². The van der Waals surface area contributed by atoms with Crippen molar-refractivity contribution in [1.82, 2.24) is 4.90 Å². The number of amides is 1. The van der Waals surface area contributed by atoms with E-state index < -0.39 is 0 Å². The van der Waals surface area contributed by atoms with E-state index in [-0.39, 0.29) is 18.4 Å². The molecule has 1 aliphatic heterocycles. The SMILES string of the molecule is O=C(c1ccc(Cl)s1)N1CCCC(CO)C1. The van der Waals surface area contributed by atoms with Gasteiger partial charge in [0.05, 0.1) is 9.21 Å². The smallest absolute Gasteiger partial charge is 0.263 e. The van der Waals surface area contributed by atoms with E-state index in [2.05, 4.69) is 0 Å². The number of carbonyl (C=O) groups excluding carboxylic acids is 1. The first-order valence-electron chi connectivity index (χ1n) is 5.36. The molecule has 2 rings (SSSR count). The standard InChI is InChI=1S/C11H14ClNO2S/c12-10-4-3-9(16-10)11(15)13-5-1-2-8(6-13)7-14/h3-4,8,14H,1-2,5-7H2. The van der Waals surface area contributed by atoms with Crippen molar-refractivity contribution in [3.05, 3.63) is 21.3 Å². The van der Waals surface area contributed by atoms with Crippen molar-refractivity contribution in [2.45, 2.75) is 12.8 Å². The number of thiophene rings is 1. The summed E-state index contributed by atoms with van der Waals surface area (Å²) >= 11 is 7.12. The summed E-state index contributed by atoms with van der Waals surface area (Å²) in [5, 5.41) is 9.11. The molecule has 1 unspecified atom stereocenters. The normalized spacial score (nSPS) is 21.1. The van der Waals surface area contributed by atoms with Crippen LogP contribution in [0.5, 0.6) is 0 Å². The first-order chi connectivity index (χ1) is 7.70. The van der Waals surface area contributed by atoms with Gasteiger partial charge in [0, 0.05) is 19.7 Å². The molecule has 1 saturated heterocycles. The Morgan fingerprint density at radius 3 is 3.06 bits per heavy atom. The molecular formula is C11H14ClNO2S. The van der Waals surface area contributed by atoms with E-state index in [0.29, 0.717) is 15.8 Å². The summed E-state index contributed by atoms with van der Waals surface area (Å²) in [6, 6.07) is 3.50. The second-order valence-electron chi connectivity index (χ2n) is 4.05. The summed E-state index contributed by atoms with van der Waals surface area (Å²) in [5.41, 5.74) is 0. The highest BCUT2D eigenvalue weighted by atomic mass is 35.5. The topological polar surface area (TPSA) is 40.5 Å². The highest BCUT2D eigenvalue weighted by molar-refractivity contribution is 7.17. The Bertz CT molecular complexity index is 380. The quantitative estimate of drug-likeness (QED) is 0.885. The van der Waals surface area contributed by atoms with Crippen molar-refractivity contribution in [2.24, 2.45) is 5.92 Å². The Balaban J connectivity index is 2.04. The fourth-order valence-corrected chi connectivity index (χ4v) is 2.99. The van der Waals surface area contributed by atoms with Crippen LogP contribution >= 0.6 is 22.9 Å². The highest BCUT2D eigenvalue weighted by Crippen LogP contribution is 2.25. The largest absolute Gasteiger partial charge is 0.396 e. The molecule has 1 aromatic heterocycles. The summed E-state index contributed by atoms with van der Waals surface area (Å²) in [6.07, 6.45) is 1.97. The van der Waals surface area contributed by atoms with Crippen LogP contribution in [0.1, 0.15) is 22.5 Å². The number of aliphatic hydroxyl groups is 1. The van der Waals surface area contributed by atoms with Gasteiger partial charge in [-0.15, -0.1) is 11.3 Å². The molecule has 0 saturated carbocycles. The molecule has 1 aromatic rings. The molecule has 16 heavy (non-hydrogen) atoms. The van der Waals surface area contributed by atoms with Gasteiger partial charge in [-0.25, -0.2) is 0 Å². The number of aliphatic hydroxyl groups excluding tert-OH is 1. The zero-order valence-corrected chi connectivity index (χ0v) is 10.4. The van der Waals surface area contributed by atoms with E-state index in [1.807, 2.05) is 4.90 Å². The van der Waals surface area contributed by atoms with Gasteiger partial charge in [-0.05, 0) is 30.9 Å². The van der Waals surface area contributed by atoms with E-state index in [4.69, 9.17) is 16.7 Å². The minimum atomic E-state index is 0.0371. The molecule has 0 bridgehead atoms. The molecule has 88 valence electrons. The number of hydrogen-bond acceptors (Lipinski definition) is 3. The number of piperidine rings is 1. The van der Waals surface area contributed by atoms with Gasteiger partial charge in [0.2, 0.25) is 0 Å². The molecule has 1 aliphatic rings. The maximum Gasteiger partial charge on any atom is 0.263 e. The Kier molecular flexibility index (Phi) is 3.84. The monoisotopic (exact) mass is 259 g/mol. The molecule has 0 spiro atoms. The summed E-state index contributed by atoms with van der Waals surface area (Å²) in [5.74, 6) is 0.267. The van der Waals surface area contributed by atoms with Gasteiger partial charge in [0.15, 0.2) is 0 Å². The van der Waals surface area contributed by atoms with Crippen molar-refractivity contribution in [1.29, 1.82) is 0 Å². The Labute approximate surface area is 104 Å². The first kappa shape index (κ1) is 11.9. The van der Waals surface area contributed by atoms with E-state index in [1.54, 1.807) is 12.1 Å². The zero-order chi connectivity index (χ0) is 11.5. The van der Waals surface area contributed by atoms with E-state index in [0.717, 1.165) is 19.4 Å². The Hall–Kier alpha value is -0.580.